The molecule has 0 fully saturated rings. The molecular weight excluding hydrogens is 741 g/mol. The number of anilines is 2. The van der Waals surface area contributed by atoms with Gasteiger partial charge in [0.25, 0.3) is 5.91 Å². The van der Waals surface area contributed by atoms with Crippen molar-refractivity contribution in [2.75, 3.05) is 42.5 Å². The second-order valence-corrected chi connectivity index (χ2v) is 18.6. The highest BCUT2D eigenvalue weighted by molar-refractivity contribution is 7.92. The molecule has 2 N–H and O–H groups in total. The first kappa shape index (κ1) is 40.8. The molecule has 5 aromatic rings. The molecule has 5 rings (SSSR count). The van der Waals surface area contributed by atoms with E-state index >= 15 is 0 Å². The van der Waals surface area contributed by atoms with Gasteiger partial charge in [-0.2, -0.15) is 0 Å². The maximum Gasteiger partial charge on any atom is 0.255 e. The Morgan fingerprint density at radius 2 is 1.58 bits per heavy atom. The summed E-state index contributed by atoms with van der Waals surface area (Å²) in [6.07, 6.45) is 4.69. The molecule has 0 saturated carbocycles. The van der Waals surface area contributed by atoms with E-state index < -0.39 is 25.8 Å². The van der Waals surface area contributed by atoms with Crippen molar-refractivity contribution in [2.45, 2.75) is 52.4 Å². The van der Waals surface area contributed by atoms with Crippen LogP contribution in [0, 0.1) is 6.92 Å². The molecule has 1 amide bonds. The molecule has 0 radical (unpaired) electrons. The average molecular weight is 787 g/mol. The Kier molecular flexibility index (Phi) is 12.0. The molecule has 0 spiro atoms. The van der Waals surface area contributed by atoms with Gasteiger partial charge in [-0.05, 0) is 95.1 Å². The van der Waals surface area contributed by atoms with Crippen LogP contribution in [0.1, 0.15) is 76.8 Å². The molecule has 12 nitrogen and oxygen atoms in total. The van der Waals surface area contributed by atoms with Crippen molar-refractivity contribution < 1.29 is 35.9 Å². The van der Waals surface area contributed by atoms with E-state index in [1.165, 1.54) is 14.2 Å². The lowest BCUT2D eigenvalue weighted by Gasteiger charge is -2.24. The number of methoxy groups -OCH3 is 2. The number of rotatable bonds is 14. The average Bonchev–Trinajstić information content (AvgIpc) is 3.09. The molecule has 0 aliphatic rings. The summed E-state index contributed by atoms with van der Waals surface area (Å²) in [4.78, 5) is 35.9. The van der Waals surface area contributed by atoms with E-state index in [4.69, 9.17) is 14.5 Å². The van der Waals surface area contributed by atoms with E-state index in [1.54, 1.807) is 36.5 Å². The summed E-state index contributed by atoms with van der Waals surface area (Å²) in [6.45, 7) is 7.93. The highest BCUT2D eigenvalue weighted by Gasteiger charge is 2.23. The molecule has 0 atom stereocenters. The van der Waals surface area contributed by atoms with Crippen molar-refractivity contribution in [2.24, 2.45) is 0 Å². The predicted octanol–water partition coefficient (Wildman–Crippen LogP) is 7.14. The SMILES string of the molecule is COc1cc(Cc2ncc3cc(-c4cc(C(=O)Nc5cc(C(C)(C)C)cc(NS(C)(=O)=O)c5OC)ccc4C)ccc3n2)ccc1C(=O)CCCS(C)(=O)=O. The second kappa shape index (κ2) is 16.2. The minimum atomic E-state index is -3.64. The smallest absolute Gasteiger partial charge is 0.255 e. The Balaban J connectivity index is 1.37. The topological polar surface area (TPSA) is 171 Å². The van der Waals surface area contributed by atoms with Gasteiger partial charge in [0.1, 0.15) is 21.4 Å². The monoisotopic (exact) mass is 786 g/mol. The van der Waals surface area contributed by atoms with Crippen molar-refractivity contribution in [3.05, 3.63) is 107 Å². The van der Waals surface area contributed by atoms with Crippen molar-refractivity contribution in [1.29, 1.82) is 0 Å². The van der Waals surface area contributed by atoms with Gasteiger partial charge in [-0.1, -0.05) is 39.0 Å². The van der Waals surface area contributed by atoms with Gasteiger partial charge in [0.05, 0.1) is 48.7 Å². The van der Waals surface area contributed by atoms with Gasteiger partial charge in [-0.25, -0.2) is 26.8 Å². The number of Topliss-reactive ketones (excluding diaryl/α,β-unsaturated/α-hetero) is 1. The molecule has 4 aromatic carbocycles. The number of nitrogens with zero attached hydrogens (tertiary/aromatic N) is 2. The van der Waals surface area contributed by atoms with E-state index in [9.17, 15) is 26.4 Å². The molecular formula is C41H46N4O8S2. The molecule has 1 aromatic heterocycles. The lowest BCUT2D eigenvalue weighted by atomic mass is 9.86. The number of sulfonamides is 1. The van der Waals surface area contributed by atoms with Gasteiger partial charge in [0, 0.05) is 36.2 Å². The van der Waals surface area contributed by atoms with Crippen LogP contribution in [0.5, 0.6) is 11.5 Å². The molecule has 0 aliphatic carbocycles. The zero-order valence-corrected chi connectivity index (χ0v) is 33.9. The number of aryl methyl sites for hydroxylation is 1. The number of hydrogen-bond acceptors (Lipinski definition) is 10. The Morgan fingerprint density at radius 3 is 2.24 bits per heavy atom. The largest absolute Gasteiger partial charge is 0.496 e. The summed E-state index contributed by atoms with van der Waals surface area (Å²) in [5, 5.41) is 3.74. The third-order valence-corrected chi connectivity index (χ3v) is 10.6. The molecule has 290 valence electrons. The maximum absolute atomic E-state index is 13.7. The van der Waals surface area contributed by atoms with Gasteiger partial charge in [0.2, 0.25) is 10.0 Å². The molecule has 0 saturated heterocycles. The summed E-state index contributed by atoms with van der Waals surface area (Å²) in [7, 11) is -3.88. The van der Waals surface area contributed by atoms with Gasteiger partial charge in [0.15, 0.2) is 11.5 Å². The van der Waals surface area contributed by atoms with Gasteiger partial charge >= 0.3 is 0 Å². The minimum absolute atomic E-state index is 0.0524. The van der Waals surface area contributed by atoms with Gasteiger partial charge in [-0.15, -0.1) is 0 Å². The summed E-state index contributed by atoms with van der Waals surface area (Å²) in [6, 6.07) is 20.0. The van der Waals surface area contributed by atoms with E-state index in [2.05, 4.69) is 15.0 Å². The number of ether oxygens (including phenoxy) is 2. The fraction of sp³-hybridized carbons (Fsp3) is 0.317. The third kappa shape index (κ3) is 10.5. The number of amides is 1. The van der Waals surface area contributed by atoms with E-state index in [-0.39, 0.29) is 41.2 Å². The second-order valence-electron chi connectivity index (χ2n) is 14.6. The molecule has 55 heavy (non-hydrogen) atoms. The van der Waals surface area contributed by atoms with E-state index in [0.717, 1.165) is 51.2 Å². The highest BCUT2D eigenvalue weighted by Crippen LogP contribution is 2.39. The van der Waals surface area contributed by atoms with Crippen molar-refractivity contribution in [3.8, 4) is 22.6 Å². The van der Waals surface area contributed by atoms with Crippen LogP contribution in [0.15, 0.2) is 72.9 Å². The van der Waals surface area contributed by atoms with Gasteiger partial charge in [-0.3, -0.25) is 14.3 Å². The number of aromatic nitrogens is 2. The Labute approximate surface area is 322 Å². The number of carbonyl (C=O) groups is 2. The van der Waals surface area contributed by atoms with Crippen LogP contribution in [0.3, 0.4) is 0 Å². The highest BCUT2D eigenvalue weighted by atomic mass is 32.2. The van der Waals surface area contributed by atoms with E-state index in [1.807, 2.05) is 64.1 Å². The quantitative estimate of drug-likeness (QED) is 0.110. The fourth-order valence-corrected chi connectivity index (χ4v) is 7.35. The summed E-state index contributed by atoms with van der Waals surface area (Å²) in [5.41, 5.74) is 6.02. The molecule has 0 unspecified atom stereocenters. The summed E-state index contributed by atoms with van der Waals surface area (Å²) >= 11 is 0. The Bertz CT molecular complexity index is 2510. The van der Waals surface area contributed by atoms with Gasteiger partial charge < -0.3 is 14.8 Å². The van der Waals surface area contributed by atoms with Crippen LogP contribution in [0.2, 0.25) is 0 Å². The molecule has 14 heteroatoms. The third-order valence-electron chi connectivity index (χ3n) is 8.99. The summed E-state index contributed by atoms with van der Waals surface area (Å²) in [5.74, 6) is 0.540. The zero-order valence-electron chi connectivity index (χ0n) is 32.2. The van der Waals surface area contributed by atoms with Crippen molar-refractivity contribution in [3.63, 3.8) is 0 Å². The first-order valence-electron chi connectivity index (χ1n) is 17.5. The van der Waals surface area contributed by atoms with Crippen LogP contribution in [0.4, 0.5) is 11.4 Å². The van der Waals surface area contributed by atoms with Crippen LogP contribution in [-0.4, -0.2) is 71.0 Å². The Morgan fingerprint density at radius 1 is 0.855 bits per heavy atom. The maximum atomic E-state index is 13.7. The normalized spacial score (nSPS) is 12.0. The number of sulfone groups is 1. The van der Waals surface area contributed by atoms with E-state index in [0.29, 0.717) is 34.8 Å². The lowest BCUT2D eigenvalue weighted by Crippen LogP contribution is -2.18. The first-order valence-corrected chi connectivity index (χ1v) is 21.5. The molecule has 0 aliphatic heterocycles. The summed E-state index contributed by atoms with van der Waals surface area (Å²) < 4.78 is 60.8. The number of fused-ring (bicyclic) bond motifs is 1. The number of hydrogen-bond donors (Lipinski definition) is 2. The standard InChI is InChI=1S/C41H46N4O8S2/c1-25-11-13-28(40(47)44-34-22-30(41(2,3)4)23-35(39(34)53-6)45-55(8,50)51)21-32(25)27-14-16-33-29(20-27)24-42-38(43-33)19-26-12-15-31(37(18-26)52-5)36(46)10-9-17-54(7,48)49/h11-16,18,20-24,45H,9-10,17,19H2,1-8H3,(H,44,47). The zero-order chi connectivity index (χ0) is 40.3. The fourth-order valence-electron chi connectivity index (χ4n) is 6.13. The van der Waals surface area contributed by atoms with Crippen molar-refractivity contribution >= 4 is 53.8 Å². The van der Waals surface area contributed by atoms with Crippen LogP contribution >= 0.6 is 0 Å². The Hall–Kier alpha value is -5.34. The van der Waals surface area contributed by atoms with Crippen LogP contribution in [-0.2, 0) is 31.7 Å². The number of benzene rings is 4. The minimum Gasteiger partial charge on any atom is -0.496 e. The predicted molar refractivity (Wildman–Crippen MR) is 217 cm³/mol. The molecule has 0 bridgehead atoms. The van der Waals surface area contributed by atoms with Crippen LogP contribution < -0.4 is 19.5 Å². The molecule has 1 heterocycles. The first-order chi connectivity index (χ1) is 25.7. The number of nitrogens with one attached hydrogen (secondary N) is 2. The van der Waals surface area contributed by atoms with Crippen molar-refractivity contribution in [1.82, 2.24) is 9.97 Å². The number of ketones is 1. The van der Waals surface area contributed by atoms with Crippen LogP contribution in [0.25, 0.3) is 22.0 Å². The number of carbonyl (C=O) groups excluding carboxylic acids is 2. The lowest BCUT2D eigenvalue weighted by molar-refractivity contribution is 0.0977.